The van der Waals surface area contributed by atoms with Crippen molar-refractivity contribution in [3.8, 4) is 0 Å². The quantitative estimate of drug-likeness (QED) is 0.551. The van der Waals surface area contributed by atoms with E-state index in [-0.39, 0.29) is 31.1 Å². The summed E-state index contributed by atoms with van der Waals surface area (Å²) in [6.07, 6.45) is 2.52. The maximum Gasteiger partial charge on any atom is 2.00 e. The van der Waals surface area contributed by atoms with E-state index in [0.29, 0.717) is 0 Å². The zero-order valence-electron chi connectivity index (χ0n) is 4.52. The molecule has 0 spiro atoms. The third kappa shape index (κ3) is 10.8. The van der Waals surface area contributed by atoms with E-state index < -0.39 is 0 Å². The van der Waals surface area contributed by atoms with Gasteiger partial charge in [0.1, 0.15) is 0 Å². The molecule has 0 aromatic rings. The van der Waals surface area contributed by atoms with E-state index in [4.69, 9.17) is 6.58 Å². The normalized spacial score (nSPS) is 7.00. The zero-order valence-corrected chi connectivity index (χ0v) is 8.68. The second-order valence-corrected chi connectivity index (χ2v) is 1.06. The second kappa shape index (κ2) is 9.89. The largest absolute Gasteiger partial charge is 2.00 e. The van der Waals surface area contributed by atoms with E-state index in [1.165, 1.54) is 0 Å². The first-order chi connectivity index (χ1) is 2.91. The summed E-state index contributed by atoms with van der Waals surface area (Å²) in [5.41, 5.74) is 0. The monoisotopic (exact) mass is 321 g/mol. The first-order valence-corrected chi connectivity index (χ1v) is 2.01. The molecule has 0 rings (SSSR count). The molecular formula is C5H9NU. The molecule has 0 fully saturated rings. The molecule has 2 heteroatoms. The van der Waals surface area contributed by atoms with E-state index in [9.17, 15) is 0 Å². The number of hydrogen-bond donors (Lipinski definition) is 0. The molecule has 0 bridgehead atoms. The molecule has 0 atom stereocenters. The molecule has 38 valence electrons. The van der Waals surface area contributed by atoms with Crippen LogP contribution >= 0.6 is 0 Å². The third-order valence-corrected chi connectivity index (χ3v) is 0.519. The fourth-order valence-corrected chi connectivity index (χ4v) is 0.204. The molecular weight excluding hydrogens is 312 g/mol. The van der Waals surface area contributed by atoms with Gasteiger partial charge in [0.15, 0.2) is 0 Å². The maximum atomic E-state index is 5.03. The van der Waals surface area contributed by atoms with Crippen molar-refractivity contribution in [2.75, 3.05) is 13.6 Å². The average molecular weight is 321 g/mol. The minimum Gasteiger partial charge on any atom is -0.665 e. The minimum absolute atomic E-state index is 0. The molecule has 0 aromatic carbocycles. The van der Waals surface area contributed by atoms with Crippen LogP contribution in [0.25, 0.3) is 5.32 Å². The summed E-state index contributed by atoms with van der Waals surface area (Å²) in [7, 11) is 1.78. The van der Waals surface area contributed by atoms with Gasteiger partial charge in [0, 0.05) is 0 Å². The average Bonchev–Trinajstić information content (AvgIpc) is 1.61. The van der Waals surface area contributed by atoms with Crippen molar-refractivity contribution >= 4 is 0 Å². The molecule has 0 radical (unpaired) electrons. The predicted molar refractivity (Wildman–Crippen MR) is 27.6 cm³/mol. The molecule has 1 nitrogen and oxygen atoms in total. The summed E-state index contributed by atoms with van der Waals surface area (Å²) in [5, 5.41) is 3.81. The summed E-state index contributed by atoms with van der Waals surface area (Å²) in [5.74, 6) is 0. The molecule has 0 amide bonds. The molecule has 0 aliphatic rings. The van der Waals surface area contributed by atoms with Gasteiger partial charge in [0.2, 0.25) is 0 Å². The Bertz CT molecular complexity index is 37.1. The molecule has 0 aliphatic heterocycles. The van der Waals surface area contributed by atoms with Crippen LogP contribution in [-0.2, 0) is 0 Å². The van der Waals surface area contributed by atoms with Gasteiger partial charge in [-0.1, -0.05) is 6.42 Å². The molecule has 0 saturated carbocycles. The molecule has 0 unspecified atom stereocenters. The maximum absolute atomic E-state index is 5.03. The summed E-state index contributed by atoms with van der Waals surface area (Å²) >= 11 is 0. The van der Waals surface area contributed by atoms with Gasteiger partial charge in [-0.15, -0.1) is 6.54 Å². The van der Waals surface area contributed by atoms with Crippen molar-refractivity contribution in [1.82, 2.24) is 0 Å². The van der Waals surface area contributed by atoms with Crippen LogP contribution in [0.3, 0.4) is 0 Å². The molecule has 0 saturated heterocycles. The summed E-state index contributed by atoms with van der Waals surface area (Å²) in [6.45, 7) is 5.89. The number of hydrogen-bond acceptors (Lipinski definition) is 0. The fourth-order valence-electron chi connectivity index (χ4n) is 0.204. The Kier molecular flexibility index (Phi) is 15.1. The van der Waals surface area contributed by atoms with Crippen molar-refractivity contribution in [3.05, 3.63) is 18.0 Å². The second-order valence-electron chi connectivity index (χ2n) is 1.06. The molecule has 7 heavy (non-hydrogen) atoms. The van der Waals surface area contributed by atoms with Crippen LogP contribution in [0.4, 0.5) is 0 Å². The summed E-state index contributed by atoms with van der Waals surface area (Å²) in [6, 6.07) is 0. The van der Waals surface area contributed by atoms with E-state index >= 15 is 0 Å². The van der Waals surface area contributed by atoms with Gasteiger partial charge in [-0.05, 0) is 0 Å². The Morgan fingerprint density at radius 3 is 2.43 bits per heavy atom. The van der Waals surface area contributed by atoms with Crippen molar-refractivity contribution in [3.63, 3.8) is 0 Å². The van der Waals surface area contributed by atoms with Crippen LogP contribution in [0.5, 0.6) is 0 Å². The van der Waals surface area contributed by atoms with Crippen molar-refractivity contribution in [1.29, 1.82) is 0 Å². The molecule has 0 aromatic heterocycles. The predicted octanol–water partition coefficient (Wildman–Crippen LogP) is 1.37. The van der Waals surface area contributed by atoms with Crippen LogP contribution in [0.15, 0.2) is 6.08 Å². The van der Waals surface area contributed by atoms with Crippen LogP contribution in [0, 0.1) is 37.7 Å². The van der Waals surface area contributed by atoms with E-state index in [2.05, 4.69) is 5.32 Å². The molecule has 0 aliphatic carbocycles. The van der Waals surface area contributed by atoms with Gasteiger partial charge < -0.3 is 11.9 Å². The Morgan fingerprint density at radius 2 is 2.29 bits per heavy atom. The first kappa shape index (κ1) is 10.7. The Morgan fingerprint density at radius 1 is 1.71 bits per heavy atom. The third-order valence-electron chi connectivity index (χ3n) is 0.519. The van der Waals surface area contributed by atoms with E-state index in [1.807, 2.05) is 0 Å². The molecule has 0 N–H and O–H groups in total. The van der Waals surface area contributed by atoms with Crippen molar-refractivity contribution in [2.24, 2.45) is 0 Å². The number of nitrogens with zero attached hydrogens (tertiary/aromatic N) is 1. The van der Waals surface area contributed by atoms with Crippen LogP contribution in [0.2, 0.25) is 0 Å². The van der Waals surface area contributed by atoms with Gasteiger partial charge in [-0.25, -0.2) is 0 Å². The van der Waals surface area contributed by atoms with Crippen molar-refractivity contribution in [2.45, 2.75) is 6.42 Å². The van der Waals surface area contributed by atoms with Crippen LogP contribution in [-0.4, -0.2) is 13.6 Å². The summed E-state index contributed by atoms with van der Waals surface area (Å²) < 4.78 is 0. The van der Waals surface area contributed by atoms with E-state index in [1.54, 1.807) is 13.1 Å². The SMILES string of the molecule is [CH-]=CCC[N-]C.[U+2]. The van der Waals surface area contributed by atoms with Gasteiger partial charge in [-0.3, -0.25) is 6.08 Å². The van der Waals surface area contributed by atoms with Gasteiger partial charge in [-0.2, -0.15) is 7.05 Å². The van der Waals surface area contributed by atoms with Gasteiger partial charge >= 0.3 is 31.1 Å². The first-order valence-electron chi connectivity index (χ1n) is 2.01. The molecule has 0 heterocycles. The number of rotatable bonds is 3. The standard InChI is InChI=1S/C5H9N.U/c1-3-4-5-6-2;/h1,3H,4-5H2,2H3;/q-2;+2. The Labute approximate surface area is 68.9 Å². The smallest absolute Gasteiger partial charge is 0.665 e. The Hall–Kier alpha value is 0.752. The summed E-state index contributed by atoms with van der Waals surface area (Å²) in [4.78, 5) is 0. The fraction of sp³-hybridized carbons (Fsp3) is 0.600. The van der Waals surface area contributed by atoms with Crippen LogP contribution < -0.4 is 0 Å². The minimum atomic E-state index is 0. The van der Waals surface area contributed by atoms with Gasteiger partial charge in [0.25, 0.3) is 0 Å². The topological polar surface area (TPSA) is 14.1 Å². The zero-order chi connectivity index (χ0) is 4.83. The van der Waals surface area contributed by atoms with E-state index in [0.717, 1.165) is 13.0 Å². The van der Waals surface area contributed by atoms with Gasteiger partial charge in [0.05, 0.1) is 0 Å². The Balaban J connectivity index is 0. The van der Waals surface area contributed by atoms with Crippen molar-refractivity contribution < 1.29 is 31.1 Å². The van der Waals surface area contributed by atoms with Crippen LogP contribution in [0.1, 0.15) is 6.42 Å².